The van der Waals surface area contributed by atoms with Gasteiger partial charge in [0.25, 0.3) is 0 Å². The second kappa shape index (κ2) is 13.8. The number of hydrogen-bond donors (Lipinski definition) is 4. The highest BCUT2D eigenvalue weighted by atomic mass is 32.2. The fraction of sp³-hybridized carbons (Fsp3) is 0.323. The summed E-state index contributed by atoms with van der Waals surface area (Å²) in [5, 5.41) is 22.7. The summed E-state index contributed by atoms with van der Waals surface area (Å²) in [5.41, 5.74) is 5.91. The number of thioether (sulfide) groups is 1. The Kier molecular flexibility index (Phi) is 9.68. The Morgan fingerprint density at radius 1 is 0.976 bits per heavy atom. The number of carbonyl (C=O) groups excluding carboxylic acids is 1. The van der Waals surface area contributed by atoms with Crippen LogP contribution in [0.5, 0.6) is 0 Å². The summed E-state index contributed by atoms with van der Waals surface area (Å²) < 4.78 is 13.2. The largest absolute Gasteiger partial charge is 0.392 e. The molecule has 4 aromatic rings. The molecule has 41 heavy (non-hydrogen) atoms. The molecule has 4 atom stereocenters. The molecule has 0 aliphatic carbocycles. The van der Waals surface area contributed by atoms with Gasteiger partial charge < -0.3 is 25.2 Å². The molecule has 2 heterocycles. The van der Waals surface area contributed by atoms with E-state index < -0.39 is 6.29 Å². The number of ether oxygens (including phenoxy) is 2. The van der Waals surface area contributed by atoms with Gasteiger partial charge in [0.05, 0.1) is 18.8 Å². The van der Waals surface area contributed by atoms with Gasteiger partial charge in [-0.2, -0.15) is 5.10 Å². The molecule has 1 aliphatic heterocycles. The summed E-state index contributed by atoms with van der Waals surface area (Å²) in [6.45, 7) is 5.05. The number of aromatic amines is 1. The number of aromatic nitrogens is 3. The molecule has 1 aliphatic rings. The van der Waals surface area contributed by atoms with Crippen LogP contribution in [0.4, 0.5) is 4.79 Å². The molecule has 0 radical (unpaired) electrons. The van der Waals surface area contributed by atoms with Gasteiger partial charge in [0, 0.05) is 30.3 Å². The topological polar surface area (TPSA) is 121 Å². The van der Waals surface area contributed by atoms with Gasteiger partial charge in [-0.1, -0.05) is 79.3 Å². The van der Waals surface area contributed by atoms with E-state index in [-0.39, 0.29) is 30.8 Å². The fourth-order valence-electron chi connectivity index (χ4n) is 4.87. The number of H-pyrrole nitrogens is 1. The zero-order valence-corrected chi connectivity index (χ0v) is 23.9. The molecule has 0 spiro atoms. The van der Waals surface area contributed by atoms with Crippen molar-refractivity contribution in [2.75, 3.05) is 12.3 Å². The quantitative estimate of drug-likeness (QED) is 0.188. The average Bonchev–Trinajstić information content (AvgIpc) is 3.54. The lowest BCUT2D eigenvalue weighted by Gasteiger charge is -2.41. The highest BCUT2D eigenvalue weighted by Gasteiger charge is 2.38. The second-order valence-corrected chi connectivity index (χ2v) is 11.0. The molecular formula is C31H35N5O4S. The van der Waals surface area contributed by atoms with Gasteiger partial charge in [0.1, 0.15) is 6.33 Å². The van der Waals surface area contributed by atoms with Gasteiger partial charge in [-0.25, -0.2) is 9.78 Å². The molecular weight excluding hydrogens is 538 g/mol. The lowest BCUT2D eigenvalue weighted by Crippen LogP contribution is -2.38. The van der Waals surface area contributed by atoms with Crippen LogP contribution in [0.3, 0.4) is 0 Å². The number of nitrogens with one attached hydrogen (secondary N) is 3. The molecule has 214 valence electrons. The van der Waals surface area contributed by atoms with Crippen LogP contribution in [-0.2, 0) is 22.6 Å². The maximum Gasteiger partial charge on any atom is 0.315 e. The number of urea groups is 1. The van der Waals surface area contributed by atoms with E-state index in [2.05, 4.69) is 57.0 Å². The van der Waals surface area contributed by atoms with Gasteiger partial charge in [-0.3, -0.25) is 5.10 Å². The Balaban J connectivity index is 1.38. The average molecular weight is 574 g/mol. The van der Waals surface area contributed by atoms with Crippen LogP contribution in [0.15, 0.2) is 84.3 Å². The molecule has 1 saturated heterocycles. The zero-order chi connectivity index (χ0) is 28.6. The van der Waals surface area contributed by atoms with Gasteiger partial charge in [0.15, 0.2) is 11.4 Å². The number of benzene rings is 3. The highest BCUT2D eigenvalue weighted by Crippen LogP contribution is 2.43. The Hall–Kier alpha value is -3.70. The van der Waals surface area contributed by atoms with Crippen molar-refractivity contribution in [1.82, 2.24) is 25.8 Å². The molecule has 1 fully saturated rings. The third-order valence-corrected chi connectivity index (χ3v) is 8.08. The predicted octanol–water partition coefficient (Wildman–Crippen LogP) is 5.37. The third kappa shape index (κ3) is 7.34. The standard InChI is InChI=1S/C31H35N5O4S/c1-3-32-30(38)33-16-22-6-4-7-24(14-22)25-8-5-9-26(15-25)29-39-27(18-41-31-34-19-35-36-31)20(2)28(40-29)23-12-10-21(17-37)11-13-23/h4-15,19-20,27-29,37H,3,16-18H2,1-2H3,(H2,32,33,38)(H,34,35,36). The maximum atomic E-state index is 11.8. The van der Waals surface area contributed by atoms with Crippen LogP contribution in [-0.4, -0.2) is 44.7 Å². The first kappa shape index (κ1) is 28.8. The molecule has 9 nitrogen and oxygen atoms in total. The van der Waals surface area contributed by atoms with E-state index in [1.165, 1.54) is 6.33 Å². The van der Waals surface area contributed by atoms with E-state index in [1.807, 2.05) is 55.5 Å². The minimum atomic E-state index is -0.573. The van der Waals surface area contributed by atoms with Crippen molar-refractivity contribution >= 4 is 17.8 Å². The van der Waals surface area contributed by atoms with Crippen molar-refractivity contribution in [2.24, 2.45) is 5.92 Å². The van der Waals surface area contributed by atoms with Crippen LogP contribution in [0, 0.1) is 5.92 Å². The number of carbonyl (C=O) groups is 1. The van der Waals surface area contributed by atoms with Crippen molar-refractivity contribution in [3.05, 3.63) is 101 Å². The summed E-state index contributed by atoms with van der Waals surface area (Å²) in [4.78, 5) is 16.1. The fourth-order valence-corrected chi connectivity index (χ4v) is 5.81. The van der Waals surface area contributed by atoms with Gasteiger partial charge in [-0.15, -0.1) is 0 Å². The van der Waals surface area contributed by atoms with Crippen LogP contribution in [0.1, 0.15) is 48.5 Å². The van der Waals surface area contributed by atoms with Crippen LogP contribution < -0.4 is 10.6 Å². The summed E-state index contributed by atoms with van der Waals surface area (Å²) >= 11 is 1.57. The molecule has 0 bridgehead atoms. The molecule has 0 saturated carbocycles. The van der Waals surface area contributed by atoms with Crippen molar-refractivity contribution in [3.8, 4) is 11.1 Å². The Bertz CT molecular complexity index is 1420. The van der Waals surface area contributed by atoms with Crippen molar-refractivity contribution in [3.63, 3.8) is 0 Å². The smallest absolute Gasteiger partial charge is 0.315 e. The Labute approximate surface area is 244 Å². The van der Waals surface area contributed by atoms with Gasteiger partial charge >= 0.3 is 6.03 Å². The number of rotatable bonds is 10. The Morgan fingerprint density at radius 3 is 2.49 bits per heavy atom. The van der Waals surface area contributed by atoms with Gasteiger partial charge in [0.2, 0.25) is 0 Å². The lowest BCUT2D eigenvalue weighted by molar-refractivity contribution is -0.268. The Morgan fingerprint density at radius 2 is 1.76 bits per heavy atom. The first-order valence-corrected chi connectivity index (χ1v) is 14.7. The predicted molar refractivity (Wildman–Crippen MR) is 158 cm³/mol. The van der Waals surface area contributed by atoms with Crippen LogP contribution in [0.25, 0.3) is 11.1 Å². The first-order valence-electron chi connectivity index (χ1n) is 13.7. The van der Waals surface area contributed by atoms with Crippen LogP contribution in [0.2, 0.25) is 0 Å². The van der Waals surface area contributed by atoms with E-state index >= 15 is 0 Å². The summed E-state index contributed by atoms with van der Waals surface area (Å²) in [6.07, 6.45) is 0.617. The van der Waals surface area contributed by atoms with Crippen molar-refractivity contribution < 1.29 is 19.4 Å². The maximum absolute atomic E-state index is 11.8. The normalized spacial score (nSPS) is 20.5. The number of aliphatic hydroxyl groups is 1. The summed E-state index contributed by atoms with van der Waals surface area (Å²) in [5.74, 6) is 0.751. The number of nitrogens with zero attached hydrogens (tertiary/aromatic N) is 2. The molecule has 3 aromatic carbocycles. The molecule has 10 heteroatoms. The minimum Gasteiger partial charge on any atom is -0.392 e. The zero-order valence-electron chi connectivity index (χ0n) is 23.1. The minimum absolute atomic E-state index is 0.000464. The molecule has 4 N–H and O–H groups in total. The van der Waals surface area contributed by atoms with E-state index in [0.717, 1.165) is 38.5 Å². The molecule has 4 unspecified atom stereocenters. The third-order valence-electron chi connectivity index (χ3n) is 7.11. The summed E-state index contributed by atoms with van der Waals surface area (Å²) in [7, 11) is 0. The first-order chi connectivity index (χ1) is 20.0. The van der Waals surface area contributed by atoms with E-state index in [1.54, 1.807) is 11.8 Å². The van der Waals surface area contributed by atoms with Crippen LogP contribution >= 0.6 is 11.8 Å². The SMILES string of the molecule is CCNC(=O)NCc1cccc(-c2cccc(C3OC(CSc4ncn[nH]4)C(C)C(c4ccc(CO)cc4)O3)c2)c1. The molecule has 5 rings (SSSR count). The molecule has 2 amide bonds. The number of hydrogen-bond acceptors (Lipinski definition) is 7. The number of amides is 2. The highest BCUT2D eigenvalue weighted by molar-refractivity contribution is 7.99. The second-order valence-electron chi connectivity index (χ2n) is 9.96. The van der Waals surface area contributed by atoms with E-state index in [0.29, 0.717) is 18.8 Å². The van der Waals surface area contributed by atoms with Crippen molar-refractivity contribution in [2.45, 2.75) is 50.7 Å². The monoisotopic (exact) mass is 573 g/mol. The molecule has 1 aromatic heterocycles. The van der Waals surface area contributed by atoms with E-state index in [9.17, 15) is 9.90 Å². The summed E-state index contributed by atoms with van der Waals surface area (Å²) in [6, 6.07) is 24.1. The van der Waals surface area contributed by atoms with Gasteiger partial charge in [-0.05, 0) is 46.9 Å². The van der Waals surface area contributed by atoms with Crippen molar-refractivity contribution in [1.29, 1.82) is 0 Å². The van der Waals surface area contributed by atoms with E-state index in [4.69, 9.17) is 9.47 Å². The number of aliphatic hydroxyl groups excluding tert-OH is 1. The lowest BCUT2D eigenvalue weighted by atomic mass is 9.91.